The number of furan rings is 1. The van der Waals surface area contributed by atoms with Crippen LogP contribution in [0.5, 0.6) is 5.75 Å². The van der Waals surface area contributed by atoms with Crippen molar-refractivity contribution < 1.29 is 14.3 Å². The maximum absolute atomic E-state index is 12.0. The van der Waals surface area contributed by atoms with Crippen molar-refractivity contribution in [2.45, 2.75) is 0 Å². The highest BCUT2D eigenvalue weighted by Gasteiger charge is 2.16. The highest BCUT2D eigenvalue weighted by molar-refractivity contribution is 5.95. The molecule has 2 N–H and O–H groups in total. The Balaban J connectivity index is 1.64. The number of hydrogen-bond donors (Lipinski definition) is 2. The minimum atomic E-state index is -0.607. The van der Waals surface area contributed by atoms with Crippen molar-refractivity contribution in [2.75, 3.05) is 0 Å². The molecule has 3 aromatic rings. The summed E-state index contributed by atoms with van der Waals surface area (Å²) in [6.45, 7) is 0. The highest BCUT2D eigenvalue weighted by atomic mass is 16.3. The van der Waals surface area contributed by atoms with Crippen molar-refractivity contribution in [1.82, 2.24) is 15.2 Å². The molecule has 0 bridgehead atoms. The molecule has 2 aromatic heterocycles. The summed E-state index contributed by atoms with van der Waals surface area (Å²) < 4.78 is 6.53. The molecule has 1 amide bonds. The predicted octanol–water partition coefficient (Wildman–Crippen LogP) is 2.60. The van der Waals surface area contributed by atoms with Gasteiger partial charge in [-0.05, 0) is 36.4 Å². The molecule has 0 saturated carbocycles. The highest BCUT2D eigenvalue weighted by Crippen LogP contribution is 2.17. The summed E-state index contributed by atoms with van der Waals surface area (Å²) in [6.07, 6.45) is 7.62. The number of amides is 1. The lowest BCUT2D eigenvalue weighted by atomic mass is 10.3. The summed E-state index contributed by atoms with van der Waals surface area (Å²) in [6, 6.07) is 12.7. The minimum absolute atomic E-state index is 0.106. The number of nitrogens with one attached hydrogen (secondary N) is 1. The second-order valence-corrected chi connectivity index (χ2v) is 4.74. The molecule has 0 unspecified atom stereocenters. The smallest absolute Gasteiger partial charge is 0.295 e. The Morgan fingerprint density at radius 1 is 1.25 bits per heavy atom. The number of aromatic hydroxyl groups is 1. The van der Waals surface area contributed by atoms with Crippen LogP contribution in [0, 0.1) is 0 Å². The van der Waals surface area contributed by atoms with E-state index in [9.17, 15) is 9.90 Å². The van der Waals surface area contributed by atoms with Crippen molar-refractivity contribution in [3.8, 4) is 11.4 Å². The van der Waals surface area contributed by atoms with E-state index in [4.69, 9.17) is 4.42 Å². The summed E-state index contributed by atoms with van der Waals surface area (Å²) in [5.41, 5.74) is 2.93. The zero-order valence-corrected chi connectivity index (χ0v) is 12.5. The lowest BCUT2D eigenvalue weighted by molar-refractivity contribution is 0.0947. The summed E-state index contributed by atoms with van der Waals surface area (Å²) in [7, 11) is 0. The first-order valence-corrected chi connectivity index (χ1v) is 7.11. The molecule has 0 aliphatic carbocycles. The van der Waals surface area contributed by atoms with Crippen molar-refractivity contribution >= 4 is 18.2 Å². The maximum Gasteiger partial charge on any atom is 0.295 e. The molecule has 0 radical (unpaired) electrons. The Morgan fingerprint density at radius 3 is 2.83 bits per heavy atom. The Hall–Kier alpha value is -3.61. The number of rotatable bonds is 5. The average molecular weight is 322 g/mol. The summed E-state index contributed by atoms with van der Waals surface area (Å²) in [5.74, 6) is -0.158. The van der Waals surface area contributed by atoms with Crippen molar-refractivity contribution in [2.24, 2.45) is 5.10 Å². The van der Waals surface area contributed by atoms with Gasteiger partial charge >= 0.3 is 0 Å². The second-order valence-electron chi connectivity index (χ2n) is 4.74. The first kappa shape index (κ1) is 15.3. The topological polar surface area (TPSA) is 92.7 Å². The van der Waals surface area contributed by atoms with Crippen LogP contribution < -0.4 is 5.43 Å². The van der Waals surface area contributed by atoms with Crippen LogP contribution in [0.3, 0.4) is 0 Å². The molecule has 0 saturated heterocycles. The van der Waals surface area contributed by atoms with E-state index >= 15 is 0 Å². The number of hydrazone groups is 1. The van der Waals surface area contributed by atoms with Gasteiger partial charge < -0.3 is 9.52 Å². The molecular formula is C17H14N4O3. The zero-order valence-electron chi connectivity index (χ0n) is 12.5. The largest absolute Gasteiger partial charge is 0.504 e. The van der Waals surface area contributed by atoms with Gasteiger partial charge in [0, 0.05) is 6.21 Å². The van der Waals surface area contributed by atoms with Crippen LogP contribution in [0.25, 0.3) is 11.8 Å². The number of carbonyl (C=O) groups excluding carboxylic acids is 1. The van der Waals surface area contributed by atoms with E-state index in [0.717, 1.165) is 5.69 Å². The SMILES string of the molecule is O=C(NN=CC=Cc1ccco1)c1nn(-c2ccccc2)cc1O. The van der Waals surface area contributed by atoms with Crippen LogP contribution in [0.4, 0.5) is 0 Å². The van der Waals surface area contributed by atoms with Crippen LogP contribution >= 0.6 is 0 Å². The van der Waals surface area contributed by atoms with E-state index in [-0.39, 0.29) is 11.4 Å². The van der Waals surface area contributed by atoms with Crippen LogP contribution in [-0.4, -0.2) is 27.0 Å². The Kier molecular flexibility index (Phi) is 4.52. The lowest BCUT2D eigenvalue weighted by Gasteiger charge is -1.99. The third-order valence-corrected chi connectivity index (χ3v) is 3.06. The van der Waals surface area contributed by atoms with E-state index in [2.05, 4.69) is 15.6 Å². The van der Waals surface area contributed by atoms with Gasteiger partial charge in [-0.15, -0.1) is 0 Å². The molecule has 0 aliphatic rings. The number of para-hydroxylation sites is 1. The number of aromatic nitrogens is 2. The van der Waals surface area contributed by atoms with E-state index in [1.165, 1.54) is 17.1 Å². The fourth-order valence-electron chi connectivity index (χ4n) is 1.96. The Bertz CT molecular complexity index is 865. The predicted molar refractivity (Wildman–Crippen MR) is 88.9 cm³/mol. The van der Waals surface area contributed by atoms with E-state index in [1.54, 1.807) is 30.5 Å². The summed E-state index contributed by atoms with van der Waals surface area (Å²) in [5, 5.41) is 17.7. The molecule has 7 heteroatoms. The molecule has 0 aliphatic heterocycles. The molecule has 24 heavy (non-hydrogen) atoms. The first-order valence-electron chi connectivity index (χ1n) is 7.11. The average Bonchev–Trinajstić information content (AvgIpc) is 3.25. The van der Waals surface area contributed by atoms with Gasteiger partial charge in [0.15, 0.2) is 11.4 Å². The van der Waals surface area contributed by atoms with Gasteiger partial charge in [-0.3, -0.25) is 4.79 Å². The Labute approximate surface area is 137 Å². The van der Waals surface area contributed by atoms with Crippen molar-refractivity contribution in [1.29, 1.82) is 0 Å². The maximum atomic E-state index is 12.0. The zero-order chi connectivity index (χ0) is 16.8. The van der Waals surface area contributed by atoms with E-state index in [1.807, 2.05) is 30.3 Å². The first-order chi connectivity index (χ1) is 11.7. The van der Waals surface area contributed by atoms with Gasteiger partial charge in [0.25, 0.3) is 5.91 Å². The number of hydrogen-bond acceptors (Lipinski definition) is 5. The van der Waals surface area contributed by atoms with E-state index < -0.39 is 5.91 Å². The van der Waals surface area contributed by atoms with Crippen molar-refractivity contribution in [3.05, 3.63) is 72.5 Å². The fourth-order valence-corrected chi connectivity index (χ4v) is 1.96. The molecular weight excluding hydrogens is 308 g/mol. The minimum Gasteiger partial charge on any atom is -0.504 e. The number of benzene rings is 1. The normalized spacial score (nSPS) is 11.3. The monoisotopic (exact) mass is 322 g/mol. The van der Waals surface area contributed by atoms with Gasteiger partial charge in [0.2, 0.25) is 0 Å². The second kappa shape index (κ2) is 7.10. The number of nitrogens with zero attached hydrogens (tertiary/aromatic N) is 3. The molecule has 120 valence electrons. The Morgan fingerprint density at radius 2 is 2.08 bits per heavy atom. The van der Waals surface area contributed by atoms with Gasteiger partial charge in [0.05, 0.1) is 18.1 Å². The molecule has 1 aromatic carbocycles. The molecule has 3 rings (SSSR count). The van der Waals surface area contributed by atoms with Crippen LogP contribution in [0.2, 0.25) is 0 Å². The molecule has 0 fully saturated rings. The van der Waals surface area contributed by atoms with Gasteiger partial charge in [-0.2, -0.15) is 10.2 Å². The molecule has 0 spiro atoms. The van der Waals surface area contributed by atoms with E-state index in [0.29, 0.717) is 5.76 Å². The molecule has 0 atom stereocenters. The van der Waals surface area contributed by atoms with Crippen LogP contribution in [-0.2, 0) is 0 Å². The third kappa shape index (κ3) is 3.58. The summed E-state index contributed by atoms with van der Waals surface area (Å²) in [4.78, 5) is 12.0. The molecule has 2 heterocycles. The number of carbonyl (C=O) groups is 1. The van der Waals surface area contributed by atoms with Crippen LogP contribution in [0.15, 0.2) is 70.5 Å². The van der Waals surface area contributed by atoms with Crippen molar-refractivity contribution in [3.63, 3.8) is 0 Å². The van der Waals surface area contributed by atoms with Gasteiger partial charge in [-0.25, -0.2) is 10.1 Å². The standard InChI is InChI=1S/C17H14N4O3/c22-15-12-21(13-6-2-1-3-7-13)20-16(15)17(23)19-18-10-4-8-14-9-5-11-24-14/h1-12,22H,(H,19,23). The fraction of sp³-hybridized carbons (Fsp3) is 0. The molecule has 7 nitrogen and oxygen atoms in total. The quantitative estimate of drug-likeness (QED) is 0.558. The van der Waals surface area contributed by atoms with Gasteiger partial charge in [-0.1, -0.05) is 18.2 Å². The number of allylic oxidation sites excluding steroid dienone is 1. The van der Waals surface area contributed by atoms with Gasteiger partial charge in [0.1, 0.15) is 5.76 Å². The third-order valence-electron chi connectivity index (χ3n) is 3.06. The summed E-state index contributed by atoms with van der Waals surface area (Å²) >= 11 is 0. The lowest BCUT2D eigenvalue weighted by Crippen LogP contribution is -2.18. The van der Waals surface area contributed by atoms with Crippen LogP contribution in [0.1, 0.15) is 16.2 Å².